The Morgan fingerprint density at radius 3 is 2.52 bits per heavy atom. The second-order valence-corrected chi connectivity index (χ2v) is 9.07. The molecule has 3 rings (SSSR count). The molecule has 0 aliphatic rings. The van der Waals surface area contributed by atoms with Crippen LogP contribution in [0.2, 0.25) is 10.0 Å². The fraction of sp³-hybridized carbons (Fsp3) is 0.250. The van der Waals surface area contributed by atoms with Gasteiger partial charge < -0.3 is 4.74 Å². The molecule has 0 amide bonds. The van der Waals surface area contributed by atoms with Crippen molar-refractivity contribution >= 4 is 33.2 Å². The Labute approximate surface area is 180 Å². The number of nitrogens with one attached hydrogen (secondary N) is 1. The Hall–Kier alpha value is -2.06. The van der Waals surface area contributed by atoms with Gasteiger partial charge in [0.15, 0.2) is 0 Å². The highest BCUT2D eigenvalue weighted by Gasteiger charge is 2.24. The third kappa shape index (κ3) is 4.93. The van der Waals surface area contributed by atoms with Crippen LogP contribution in [0.15, 0.2) is 53.6 Å². The van der Waals surface area contributed by atoms with Crippen molar-refractivity contribution < 1.29 is 13.2 Å². The van der Waals surface area contributed by atoms with Gasteiger partial charge in [0.25, 0.3) is 0 Å². The van der Waals surface area contributed by atoms with Gasteiger partial charge in [-0.2, -0.15) is 0 Å². The van der Waals surface area contributed by atoms with E-state index in [0.29, 0.717) is 24.0 Å². The molecule has 0 spiro atoms. The Balaban J connectivity index is 1.85. The zero-order valence-corrected chi connectivity index (χ0v) is 18.5. The van der Waals surface area contributed by atoms with E-state index in [1.54, 1.807) is 13.1 Å². The van der Waals surface area contributed by atoms with E-state index in [9.17, 15) is 8.42 Å². The van der Waals surface area contributed by atoms with Gasteiger partial charge in [0, 0.05) is 11.6 Å². The molecule has 1 aromatic heterocycles. The van der Waals surface area contributed by atoms with Gasteiger partial charge >= 0.3 is 6.01 Å². The fourth-order valence-corrected chi connectivity index (χ4v) is 4.85. The van der Waals surface area contributed by atoms with Gasteiger partial charge in [-0.3, -0.25) is 4.57 Å². The number of nitrogens with zero attached hydrogens (tertiary/aromatic N) is 2. The van der Waals surface area contributed by atoms with Crippen LogP contribution in [0.25, 0.3) is 0 Å². The van der Waals surface area contributed by atoms with Crippen molar-refractivity contribution in [2.75, 3.05) is 0 Å². The van der Waals surface area contributed by atoms with Crippen LogP contribution in [-0.2, 0) is 16.6 Å². The maximum absolute atomic E-state index is 12.8. The standard InChI is InChI=1S/C20H21Cl2N3O3S/c1-4-25-18(12-23-20(25)28-16-8-5-13(2)6-9-16)14(3)24-29(26,27)19-11-15(21)7-10-17(19)22/h5-12,14,24H,4H2,1-3H3. The average Bonchev–Trinajstić information content (AvgIpc) is 3.08. The Kier molecular flexibility index (Phi) is 6.53. The normalized spacial score (nSPS) is 12.7. The molecule has 6 nitrogen and oxygen atoms in total. The van der Waals surface area contributed by atoms with Gasteiger partial charge in [0.2, 0.25) is 10.0 Å². The molecule has 0 bridgehead atoms. The van der Waals surface area contributed by atoms with E-state index in [1.165, 1.54) is 18.2 Å². The van der Waals surface area contributed by atoms with Crippen LogP contribution in [0.5, 0.6) is 11.8 Å². The first-order valence-corrected chi connectivity index (χ1v) is 11.2. The van der Waals surface area contributed by atoms with E-state index in [1.807, 2.05) is 42.7 Å². The number of imidazole rings is 1. The molecule has 1 heterocycles. The molecule has 0 saturated carbocycles. The number of aromatic nitrogens is 2. The highest BCUT2D eigenvalue weighted by atomic mass is 35.5. The van der Waals surface area contributed by atoms with Crippen molar-refractivity contribution in [2.24, 2.45) is 0 Å². The van der Waals surface area contributed by atoms with E-state index in [0.717, 1.165) is 5.56 Å². The summed E-state index contributed by atoms with van der Waals surface area (Å²) >= 11 is 12.0. The van der Waals surface area contributed by atoms with Gasteiger partial charge in [0.1, 0.15) is 10.6 Å². The third-order valence-corrected chi connectivity index (χ3v) is 6.61. The first-order valence-electron chi connectivity index (χ1n) is 8.98. The van der Waals surface area contributed by atoms with Gasteiger partial charge in [-0.1, -0.05) is 40.9 Å². The third-order valence-electron chi connectivity index (χ3n) is 4.35. The number of hydrogen-bond donors (Lipinski definition) is 1. The van der Waals surface area contributed by atoms with Crippen molar-refractivity contribution in [3.63, 3.8) is 0 Å². The smallest absolute Gasteiger partial charge is 0.302 e. The van der Waals surface area contributed by atoms with Crippen LogP contribution in [0.1, 0.15) is 31.1 Å². The summed E-state index contributed by atoms with van der Waals surface area (Å²) in [6.07, 6.45) is 1.60. The minimum atomic E-state index is -3.89. The molecule has 154 valence electrons. The molecule has 0 fully saturated rings. The number of benzene rings is 2. The minimum absolute atomic E-state index is 0.0720. The van der Waals surface area contributed by atoms with Gasteiger partial charge in [-0.15, -0.1) is 0 Å². The second-order valence-electron chi connectivity index (χ2n) is 6.54. The van der Waals surface area contributed by atoms with E-state index < -0.39 is 16.1 Å². The lowest BCUT2D eigenvalue weighted by Gasteiger charge is -2.17. The van der Waals surface area contributed by atoms with Crippen LogP contribution in [0.3, 0.4) is 0 Å². The molecule has 1 unspecified atom stereocenters. The number of hydrogen-bond acceptors (Lipinski definition) is 4. The van der Waals surface area contributed by atoms with Gasteiger partial charge in [0.05, 0.1) is 23.0 Å². The first kappa shape index (κ1) is 21.6. The van der Waals surface area contributed by atoms with Crippen LogP contribution in [0, 0.1) is 6.92 Å². The molecule has 29 heavy (non-hydrogen) atoms. The zero-order valence-electron chi connectivity index (χ0n) is 16.2. The van der Waals surface area contributed by atoms with Crippen LogP contribution in [0.4, 0.5) is 0 Å². The summed E-state index contributed by atoms with van der Waals surface area (Å²) in [5.74, 6) is 0.654. The maximum Gasteiger partial charge on any atom is 0.302 e. The number of rotatable bonds is 7. The summed E-state index contributed by atoms with van der Waals surface area (Å²) in [7, 11) is -3.89. The van der Waals surface area contributed by atoms with Crippen LogP contribution < -0.4 is 9.46 Å². The van der Waals surface area contributed by atoms with Crippen LogP contribution in [-0.4, -0.2) is 18.0 Å². The lowest BCUT2D eigenvalue weighted by atomic mass is 10.2. The SMILES string of the molecule is CCn1c(C(C)NS(=O)(=O)c2cc(Cl)ccc2Cl)cnc1Oc1ccc(C)cc1. The summed E-state index contributed by atoms with van der Waals surface area (Å²) in [6.45, 7) is 6.21. The van der Waals surface area contributed by atoms with E-state index in [2.05, 4.69) is 9.71 Å². The monoisotopic (exact) mass is 453 g/mol. The molecule has 1 N–H and O–H groups in total. The predicted molar refractivity (Wildman–Crippen MR) is 114 cm³/mol. The Morgan fingerprint density at radius 1 is 1.17 bits per heavy atom. The highest BCUT2D eigenvalue weighted by molar-refractivity contribution is 7.89. The van der Waals surface area contributed by atoms with Crippen molar-refractivity contribution in [3.8, 4) is 11.8 Å². The lowest BCUT2D eigenvalue weighted by molar-refractivity contribution is 0.408. The lowest BCUT2D eigenvalue weighted by Crippen LogP contribution is -2.28. The second kappa shape index (κ2) is 8.75. The summed E-state index contributed by atoms with van der Waals surface area (Å²) in [5, 5.41) is 0.385. The molecule has 0 aliphatic carbocycles. The molecule has 1 atom stereocenters. The zero-order chi connectivity index (χ0) is 21.2. The maximum atomic E-state index is 12.8. The van der Waals surface area contributed by atoms with Crippen molar-refractivity contribution in [3.05, 3.63) is 70.0 Å². The molecule has 3 aromatic rings. The number of aryl methyl sites for hydroxylation is 1. The summed E-state index contributed by atoms with van der Waals surface area (Å²) < 4.78 is 35.9. The van der Waals surface area contributed by atoms with Crippen molar-refractivity contribution in [1.29, 1.82) is 0 Å². The molecule has 2 aromatic carbocycles. The van der Waals surface area contributed by atoms with E-state index in [-0.39, 0.29) is 14.9 Å². The van der Waals surface area contributed by atoms with Gasteiger partial charge in [-0.25, -0.2) is 18.1 Å². The molecule has 0 radical (unpaired) electrons. The number of halogens is 2. The Bertz CT molecular complexity index is 1110. The molecule has 0 aliphatic heterocycles. The quantitative estimate of drug-likeness (QED) is 0.522. The highest BCUT2D eigenvalue weighted by Crippen LogP contribution is 2.28. The average molecular weight is 454 g/mol. The minimum Gasteiger partial charge on any atom is -0.426 e. The molecular weight excluding hydrogens is 433 g/mol. The fourth-order valence-electron chi connectivity index (χ4n) is 2.87. The Morgan fingerprint density at radius 2 is 1.86 bits per heavy atom. The largest absolute Gasteiger partial charge is 0.426 e. The summed E-state index contributed by atoms with van der Waals surface area (Å²) in [6, 6.07) is 11.7. The summed E-state index contributed by atoms with van der Waals surface area (Å²) in [5.41, 5.74) is 1.79. The molecule has 0 saturated heterocycles. The summed E-state index contributed by atoms with van der Waals surface area (Å²) in [4.78, 5) is 4.25. The first-order chi connectivity index (χ1) is 13.7. The van der Waals surface area contributed by atoms with Crippen molar-refractivity contribution in [1.82, 2.24) is 14.3 Å². The molecular formula is C20H21Cl2N3O3S. The van der Waals surface area contributed by atoms with Crippen molar-refractivity contribution in [2.45, 2.75) is 38.3 Å². The van der Waals surface area contributed by atoms with E-state index >= 15 is 0 Å². The van der Waals surface area contributed by atoms with E-state index in [4.69, 9.17) is 27.9 Å². The number of sulfonamides is 1. The number of ether oxygens (including phenoxy) is 1. The predicted octanol–water partition coefficient (Wildman–Crippen LogP) is 5.35. The topological polar surface area (TPSA) is 73.2 Å². The van der Waals surface area contributed by atoms with Crippen LogP contribution >= 0.6 is 23.2 Å². The molecule has 9 heteroatoms. The van der Waals surface area contributed by atoms with Gasteiger partial charge in [-0.05, 0) is 51.1 Å².